The minimum Gasteiger partial charge on any atom is -0.330 e. The van der Waals surface area contributed by atoms with Gasteiger partial charge in [-0.25, -0.2) is 17.7 Å². The van der Waals surface area contributed by atoms with Gasteiger partial charge in [0.05, 0.1) is 9.90 Å². The van der Waals surface area contributed by atoms with Crippen molar-refractivity contribution in [1.82, 2.24) is 9.29 Å². The molecule has 0 saturated heterocycles. The number of carbonyl (C=O) groups excluding carboxylic acids is 1. The van der Waals surface area contributed by atoms with E-state index in [0.717, 1.165) is 9.31 Å². The first-order valence-corrected chi connectivity index (χ1v) is 9.56. The van der Waals surface area contributed by atoms with Gasteiger partial charge in [0.2, 0.25) is 10.0 Å². The zero-order valence-corrected chi connectivity index (χ0v) is 15.4. The number of aryl methyl sites for hydroxylation is 1. The molecule has 0 atom stereocenters. The topological polar surface area (TPSA) is 105 Å². The van der Waals surface area contributed by atoms with Gasteiger partial charge in [-0.1, -0.05) is 6.07 Å². The van der Waals surface area contributed by atoms with Crippen LogP contribution in [0, 0.1) is 6.92 Å². The molecular formula is C15H20N4O3S2. The summed E-state index contributed by atoms with van der Waals surface area (Å²) in [4.78, 5) is 16.6. The second kappa shape index (κ2) is 7.39. The Labute approximate surface area is 145 Å². The van der Waals surface area contributed by atoms with Gasteiger partial charge in [-0.2, -0.15) is 0 Å². The molecule has 0 radical (unpaired) electrons. The van der Waals surface area contributed by atoms with Crippen LogP contribution in [0.25, 0.3) is 0 Å². The van der Waals surface area contributed by atoms with Crippen LogP contribution in [0.2, 0.25) is 0 Å². The second-order valence-electron chi connectivity index (χ2n) is 5.39. The normalized spacial score (nSPS) is 11.7. The highest BCUT2D eigenvalue weighted by atomic mass is 32.2. The van der Waals surface area contributed by atoms with Gasteiger partial charge in [0.15, 0.2) is 0 Å². The van der Waals surface area contributed by atoms with E-state index in [4.69, 9.17) is 5.73 Å². The number of nitrogens with one attached hydrogen (secondary N) is 1. The molecule has 9 heteroatoms. The fourth-order valence-corrected chi connectivity index (χ4v) is 3.94. The molecule has 2 rings (SSSR count). The maximum atomic E-state index is 12.3. The quantitative estimate of drug-likeness (QED) is 0.803. The third-order valence-corrected chi connectivity index (χ3v) is 6.21. The molecule has 24 heavy (non-hydrogen) atoms. The van der Waals surface area contributed by atoms with Crippen LogP contribution < -0.4 is 11.1 Å². The number of rotatable bonds is 6. The average Bonchev–Trinajstić information content (AvgIpc) is 2.98. The number of nitrogens with two attached hydrogens (primary N) is 1. The average molecular weight is 368 g/mol. The molecule has 1 aromatic heterocycles. The van der Waals surface area contributed by atoms with E-state index < -0.39 is 10.0 Å². The van der Waals surface area contributed by atoms with Gasteiger partial charge >= 0.3 is 0 Å². The first kappa shape index (κ1) is 18.5. The Bertz CT molecular complexity index is 844. The molecule has 0 aliphatic heterocycles. The molecule has 0 aliphatic carbocycles. The highest BCUT2D eigenvalue weighted by Gasteiger charge is 2.20. The Balaban J connectivity index is 2.25. The van der Waals surface area contributed by atoms with Gasteiger partial charge in [-0.3, -0.25) is 4.79 Å². The minimum atomic E-state index is -3.58. The lowest BCUT2D eigenvalue weighted by Gasteiger charge is -2.15. The predicted molar refractivity (Wildman–Crippen MR) is 94.9 cm³/mol. The van der Waals surface area contributed by atoms with E-state index in [9.17, 15) is 13.2 Å². The first-order valence-electron chi connectivity index (χ1n) is 7.24. The van der Waals surface area contributed by atoms with Gasteiger partial charge in [0.1, 0.15) is 5.69 Å². The molecule has 130 valence electrons. The molecule has 1 aromatic carbocycles. The van der Waals surface area contributed by atoms with E-state index in [0.29, 0.717) is 29.9 Å². The van der Waals surface area contributed by atoms with Gasteiger partial charge < -0.3 is 11.1 Å². The standard InChI is InChI=1S/C15H20N4O3S2/c1-10-4-5-11(8-13(10)24(21,22)19(2)3)17-15(20)12-9-23-14(18-12)6-7-16/h4-5,8-9H,6-7,16H2,1-3H3,(H,17,20). The summed E-state index contributed by atoms with van der Waals surface area (Å²) in [6.45, 7) is 2.18. The smallest absolute Gasteiger partial charge is 0.275 e. The lowest BCUT2D eigenvalue weighted by atomic mass is 10.2. The number of aromatic nitrogens is 1. The summed E-state index contributed by atoms with van der Waals surface area (Å²) in [6, 6.07) is 4.78. The van der Waals surface area contributed by atoms with Crippen LogP contribution in [-0.4, -0.2) is 44.3 Å². The number of anilines is 1. The van der Waals surface area contributed by atoms with Crippen molar-refractivity contribution in [3.05, 3.63) is 39.8 Å². The molecule has 1 amide bonds. The zero-order chi connectivity index (χ0) is 17.9. The maximum Gasteiger partial charge on any atom is 0.275 e. The summed E-state index contributed by atoms with van der Waals surface area (Å²) in [7, 11) is -0.646. The van der Waals surface area contributed by atoms with Crippen molar-refractivity contribution < 1.29 is 13.2 Å². The molecule has 1 heterocycles. The van der Waals surface area contributed by atoms with Crippen molar-refractivity contribution in [2.75, 3.05) is 26.0 Å². The van der Waals surface area contributed by atoms with Crippen molar-refractivity contribution in [3.8, 4) is 0 Å². The first-order chi connectivity index (χ1) is 11.3. The Morgan fingerprint density at radius 2 is 2.08 bits per heavy atom. The fraction of sp³-hybridized carbons (Fsp3) is 0.333. The highest BCUT2D eigenvalue weighted by Crippen LogP contribution is 2.23. The van der Waals surface area contributed by atoms with Crippen LogP contribution in [0.3, 0.4) is 0 Å². The largest absolute Gasteiger partial charge is 0.330 e. The van der Waals surface area contributed by atoms with E-state index in [1.165, 1.54) is 31.5 Å². The van der Waals surface area contributed by atoms with Crippen LogP contribution in [0.1, 0.15) is 21.1 Å². The lowest BCUT2D eigenvalue weighted by molar-refractivity contribution is 0.102. The molecule has 2 aromatic rings. The van der Waals surface area contributed by atoms with Crippen molar-refractivity contribution >= 4 is 33.0 Å². The van der Waals surface area contributed by atoms with E-state index in [1.807, 2.05) is 0 Å². The Morgan fingerprint density at radius 3 is 2.71 bits per heavy atom. The molecule has 0 saturated carbocycles. The number of hydrogen-bond acceptors (Lipinski definition) is 6. The Kier molecular flexibility index (Phi) is 5.70. The fourth-order valence-electron chi connectivity index (χ4n) is 2.00. The van der Waals surface area contributed by atoms with Crippen LogP contribution in [-0.2, 0) is 16.4 Å². The SMILES string of the molecule is Cc1ccc(NC(=O)c2csc(CCN)n2)cc1S(=O)(=O)N(C)C. The third kappa shape index (κ3) is 3.99. The van der Waals surface area contributed by atoms with Crippen molar-refractivity contribution in [3.63, 3.8) is 0 Å². The van der Waals surface area contributed by atoms with Gasteiger partial charge in [-0.15, -0.1) is 11.3 Å². The molecule has 0 bridgehead atoms. The third-order valence-electron chi connectivity index (χ3n) is 3.35. The Morgan fingerprint density at radius 1 is 1.38 bits per heavy atom. The summed E-state index contributed by atoms with van der Waals surface area (Å²) in [6.07, 6.45) is 0.619. The molecule has 0 spiro atoms. The minimum absolute atomic E-state index is 0.160. The molecule has 0 fully saturated rings. The predicted octanol–water partition coefficient (Wildman–Crippen LogP) is 1.46. The van der Waals surface area contributed by atoms with Gasteiger partial charge in [-0.05, 0) is 31.2 Å². The van der Waals surface area contributed by atoms with Crippen molar-refractivity contribution in [2.24, 2.45) is 5.73 Å². The van der Waals surface area contributed by atoms with Crippen LogP contribution in [0.5, 0.6) is 0 Å². The van der Waals surface area contributed by atoms with Crippen molar-refractivity contribution in [2.45, 2.75) is 18.2 Å². The van der Waals surface area contributed by atoms with E-state index in [1.54, 1.807) is 24.4 Å². The maximum absolute atomic E-state index is 12.3. The number of sulfonamides is 1. The van der Waals surface area contributed by atoms with E-state index in [-0.39, 0.29) is 10.8 Å². The number of nitrogens with zero attached hydrogens (tertiary/aromatic N) is 2. The van der Waals surface area contributed by atoms with Crippen molar-refractivity contribution in [1.29, 1.82) is 0 Å². The number of amides is 1. The summed E-state index contributed by atoms with van der Waals surface area (Å²) in [5.41, 5.74) is 6.78. The van der Waals surface area contributed by atoms with Gasteiger partial charge in [0.25, 0.3) is 5.91 Å². The molecular weight excluding hydrogens is 348 g/mol. The second-order valence-corrected chi connectivity index (χ2v) is 8.45. The molecule has 7 nitrogen and oxygen atoms in total. The van der Waals surface area contributed by atoms with Crippen LogP contribution in [0.15, 0.2) is 28.5 Å². The van der Waals surface area contributed by atoms with E-state index in [2.05, 4.69) is 10.3 Å². The van der Waals surface area contributed by atoms with Crippen LogP contribution in [0.4, 0.5) is 5.69 Å². The van der Waals surface area contributed by atoms with E-state index >= 15 is 0 Å². The Hall–Kier alpha value is -1.81. The number of carbonyl (C=O) groups is 1. The number of benzene rings is 1. The summed E-state index contributed by atoms with van der Waals surface area (Å²) >= 11 is 1.37. The summed E-state index contributed by atoms with van der Waals surface area (Å²) < 4.78 is 25.8. The molecule has 0 unspecified atom stereocenters. The highest BCUT2D eigenvalue weighted by molar-refractivity contribution is 7.89. The summed E-state index contributed by atoms with van der Waals surface area (Å²) in [5, 5.41) is 5.14. The summed E-state index contributed by atoms with van der Waals surface area (Å²) in [5.74, 6) is -0.383. The number of thiazole rings is 1. The monoisotopic (exact) mass is 368 g/mol. The molecule has 3 N–H and O–H groups in total. The van der Waals surface area contributed by atoms with Crippen LogP contribution >= 0.6 is 11.3 Å². The molecule has 0 aliphatic rings. The zero-order valence-electron chi connectivity index (χ0n) is 13.7. The number of hydrogen-bond donors (Lipinski definition) is 2. The van der Waals surface area contributed by atoms with Gasteiger partial charge in [0, 0.05) is 31.6 Å². The lowest BCUT2D eigenvalue weighted by Crippen LogP contribution is -2.23.